The van der Waals surface area contributed by atoms with Crippen LogP contribution in [-0.2, 0) is 14.4 Å². The predicted octanol–water partition coefficient (Wildman–Crippen LogP) is 3.58. The summed E-state index contributed by atoms with van der Waals surface area (Å²) in [6.45, 7) is 1.29. The van der Waals surface area contributed by atoms with Crippen molar-refractivity contribution in [1.82, 2.24) is 0 Å². The first-order chi connectivity index (χ1) is 13.4. The van der Waals surface area contributed by atoms with Gasteiger partial charge in [0.15, 0.2) is 23.1 Å². The number of phenolic OH excluding ortho intramolecular Hbond substituents is 1. The SMILES string of the molecule is COc1cc(/C=C/C(=O)CC(=O)/C=C/c2ccc(O)cc2)ccc1OC(C)=O. The molecular weight excluding hydrogens is 360 g/mol. The quantitative estimate of drug-likeness (QED) is 0.326. The summed E-state index contributed by atoms with van der Waals surface area (Å²) in [7, 11) is 1.44. The molecule has 1 N–H and O–H groups in total. The van der Waals surface area contributed by atoms with Gasteiger partial charge in [0.2, 0.25) is 0 Å². The molecule has 0 saturated heterocycles. The minimum absolute atomic E-state index is 0.140. The van der Waals surface area contributed by atoms with E-state index in [1.54, 1.807) is 42.5 Å². The van der Waals surface area contributed by atoms with Gasteiger partial charge in [0.05, 0.1) is 13.5 Å². The fourth-order valence-corrected chi connectivity index (χ4v) is 2.28. The number of allylic oxidation sites excluding steroid dienone is 2. The van der Waals surface area contributed by atoms with Crippen molar-refractivity contribution in [2.24, 2.45) is 0 Å². The standard InChI is InChI=1S/C22H20O6/c1-15(23)28-21-12-7-17(13-22(21)27-2)6-11-20(26)14-19(25)10-5-16-3-8-18(24)9-4-16/h3-13,24H,14H2,1-2H3/b10-5+,11-6+. The van der Waals surface area contributed by atoms with E-state index in [4.69, 9.17) is 9.47 Å². The van der Waals surface area contributed by atoms with Gasteiger partial charge in [-0.1, -0.05) is 30.4 Å². The minimum Gasteiger partial charge on any atom is -0.508 e. The topological polar surface area (TPSA) is 89.9 Å². The number of methoxy groups -OCH3 is 1. The summed E-state index contributed by atoms with van der Waals surface area (Å²) in [5, 5.41) is 9.22. The van der Waals surface area contributed by atoms with E-state index in [0.717, 1.165) is 5.56 Å². The van der Waals surface area contributed by atoms with E-state index >= 15 is 0 Å². The van der Waals surface area contributed by atoms with Crippen LogP contribution in [0.5, 0.6) is 17.2 Å². The van der Waals surface area contributed by atoms with Gasteiger partial charge in [0.1, 0.15) is 5.75 Å². The van der Waals surface area contributed by atoms with Crippen LogP contribution in [0.25, 0.3) is 12.2 Å². The first-order valence-corrected chi connectivity index (χ1v) is 8.44. The van der Waals surface area contributed by atoms with Crippen molar-refractivity contribution in [3.8, 4) is 17.2 Å². The molecule has 6 nitrogen and oxygen atoms in total. The van der Waals surface area contributed by atoms with Crippen LogP contribution in [0.2, 0.25) is 0 Å². The van der Waals surface area contributed by atoms with E-state index in [2.05, 4.69) is 0 Å². The highest BCUT2D eigenvalue weighted by atomic mass is 16.6. The normalized spacial score (nSPS) is 10.9. The molecule has 2 aromatic rings. The number of hydrogen-bond donors (Lipinski definition) is 1. The molecule has 0 radical (unpaired) electrons. The molecule has 0 fully saturated rings. The van der Waals surface area contributed by atoms with Crippen LogP contribution in [-0.4, -0.2) is 29.8 Å². The second kappa shape index (κ2) is 9.87. The Balaban J connectivity index is 1.96. The molecule has 0 aliphatic rings. The monoisotopic (exact) mass is 380 g/mol. The third kappa shape index (κ3) is 6.57. The number of carbonyl (C=O) groups is 3. The molecule has 0 spiro atoms. The van der Waals surface area contributed by atoms with Crippen LogP contribution in [0, 0.1) is 0 Å². The molecule has 0 atom stereocenters. The lowest BCUT2D eigenvalue weighted by molar-refractivity contribution is -0.132. The molecule has 0 bridgehead atoms. The lowest BCUT2D eigenvalue weighted by Gasteiger charge is -2.08. The minimum atomic E-state index is -0.462. The molecule has 0 aliphatic carbocycles. The first-order valence-electron chi connectivity index (χ1n) is 8.44. The molecule has 0 unspecified atom stereocenters. The fourth-order valence-electron chi connectivity index (χ4n) is 2.28. The highest BCUT2D eigenvalue weighted by molar-refractivity contribution is 6.10. The van der Waals surface area contributed by atoms with E-state index in [1.807, 2.05) is 0 Å². The average Bonchev–Trinajstić information content (AvgIpc) is 2.66. The molecule has 0 aliphatic heterocycles. The van der Waals surface area contributed by atoms with E-state index in [1.165, 1.54) is 38.3 Å². The van der Waals surface area contributed by atoms with Crippen LogP contribution in [0.15, 0.2) is 54.6 Å². The number of benzene rings is 2. The third-order valence-corrected chi connectivity index (χ3v) is 3.61. The smallest absolute Gasteiger partial charge is 0.308 e. The Labute approximate surface area is 162 Å². The first kappa shape index (κ1) is 20.6. The number of ketones is 2. The maximum atomic E-state index is 12.0. The van der Waals surface area contributed by atoms with Crippen molar-refractivity contribution < 1.29 is 29.0 Å². The number of rotatable bonds is 8. The van der Waals surface area contributed by atoms with Crippen molar-refractivity contribution in [1.29, 1.82) is 0 Å². The molecule has 0 amide bonds. The fraction of sp³-hybridized carbons (Fsp3) is 0.136. The maximum absolute atomic E-state index is 12.0. The van der Waals surface area contributed by atoms with Crippen LogP contribution in [0.1, 0.15) is 24.5 Å². The Morgan fingerprint density at radius 1 is 0.893 bits per heavy atom. The zero-order valence-electron chi connectivity index (χ0n) is 15.5. The second-order valence-corrected chi connectivity index (χ2v) is 5.87. The van der Waals surface area contributed by atoms with Crippen molar-refractivity contribution >= 4 is 29.7 Å². The lowest BCUT2D eigenvalue weighted by Crippen LogP contribution is -2.03. The van der Waals surface area contributed by atoms with Gasteiger partial charge < -0.3 is 14.6 Å². The Morgan fingerprint density at radius 2 is 1.46 bits per heavy atom. The number of esters is 1. The molecule has 6 heteroatoms. The van der Waals surface area contributed by atoms with E-state index < -0.39 is 5.97 Å². The Bertz CT molecular complexity index is 923. The Hall–Kier alpha value is -3.67. The molecule has 2 rings (SSSR count). The summed E-state index contributed by atoms with van der Waals surface area (Å²) in [5.41, 5.74) is 1.40. The van der Waals surface area contributed by atoms with Gasteiger partial charge in [-0.3, -0.25) is 14.4 Å². The summed E-state index contributed by atoms with van der Waals surface area (Å²) in [6, 6.07) is 11.2. The number of phenols is 1. The Morgan fingerprint density at radius 3 is 2.04 bits per heavy atom. The van der Waals surface area contributed by atoms with Gasteiger partial charge in [0.25, 0.3) is 0 Å². The number of hydrogen-bond acceptors (Lipinski definition) is 6. The molecule has 28 heavy (non-hydrogen) atoms. The van der Waals surface area contributed by atoms with Crippen LogP contribution in [0.4, 0.5) is 0 Å². The Kier molecular flexibility index (Phi) is 7.28. The van der Waals surface area contributed by atoms with Gasteiger partial charge in [0, 0.05) is 6.92 Å². The van der Waals surface area contributed by atoms with E-state index in [-0.39, 0.29) is 29.5 Å². The molecule has 0 aromatic heterocycles. The molecule has 0 saturated carbocycles. The molecular formula is C22H20O6. The van der Waals surface area contributed by atoms with E-state index in [0.29, 0.717) is 11.3 Å². The predicted molar refractivity (Wildman–Crippen MR) is 105 cm³/mol. The van der Waals surface area contributed by atoms with Crippen LogP contribution >= 0.6 is 0 Å². The highest BCUT2D eigenvalue weighted by Gasteiger charge is 2.08. The molecule has 0 heterocycles. The summed E-state index contributed by atoms with van der Waals surface area (Å²) < 4.78 is 10.2. The van der Waals surface area contributed by atoms with Crippen molar-refractivity contribution in [2.45, 2.75) is 13.3 Å². The van der Waals surface area contributed by atoms with Crippen molar-refractivity contribution in [3.63, 3.8) is 0 Å². The number of ether oxygens (including phenoxy) is 2. The number of carbonyl (C=O) groups excluding carboxylic acids is 3. The van der Waals surface area contributed by atoms with Crippen molar-refractivity contribution in [2.75, 3.05) is 7.11 Å². The van der Waals surface area contributed by atoms with Crippen LogP contribution < -0.4 is 9.47 Å². The number of aromatic hydroxyl groups is 1. The second-order valence-electron chi connectivity index (χ2n) is 5.87. The summed E-state index contributed by atoms with van der Waals surface area (Å²) in [5.74, 6) is -0.350. The van der Waals surface area contributed by atoms with Gasteiger partial charge in [-0.25, -0.2) is 0 Å². The zero-order chi connectivity index (χ0) is 20.5. The van der Waals surface area contributed by atoms with E-state index in [9.17, 15) is 19.5 Å². The van der Waals surface area contributed by atoms with Gasteiger partial charge >= 0.3 is 5.97 Å². The largest absolute Gasteiger partial charge is 0.508 e. The van der Waals surface area contributed by atoms with Crippen molar-refractivity contribution in [3.05, 3.63) is 65.7 Å². The summed E-state index contributed by atoms with van der Waals surface area (Å²) in [6.07, 6.45) is 5.52. The lowest BCUT2D eigenvalue weighted by atomic mass is 10.1. The molecule has 144 valence electrons. The summed E-state index contributed by atoms with van der Waals surface area (Å²) in [4.78, 5) is 34.9. The average molecular weight is 380 g/mol. The van der Waals surface area contributed by atoms with Crippen LogP contribution in [0.3, 0.4) is 0 Å². The third-order valence-electron chi connectivity index (χ3n) is 3.61. The zero-order valence-corrected chi connectivity index (χ0v) is 15.5. The van der Waals surface area contributed by atoms with Gasteiger partial charge in [-0.2, -0.15) is 0 Å². The summed E-state index contributed by atoms with van der Waals surface area (Å²) >= 11 is 0. The van der Waals surface area contributed by atoms with Gasteiger partial charge in [-0.15, -0.1) is 0 Å². The molecule has 2 aromatic carbocycles. The highest BCUT2D eigenvalue weighted by Crippen LogP contribution is 2.28. The van der Waals surface area contributed by atoms with Gasteiger partial charge in [-0.05, 0) is 47.5 Å². The maximum Gasteiger partial charge on any atom is 0.308 e.